The molecule has 0 amide bonds. The second-order valence-electron chi connectivity index (χ2n) is 6.39. The quantitative estimate of drug-likeness (QED) is 0.441. The number of rotatable bonds is 3. The standard InChI is InChI=1S/C17H27N5.HI/c1-13-5-3-8-16(19-13)22-11-9-15(10-12-22)21-17(18-2)20-14-6-4-7-14;/h3,5,8,14-15H,4,6-7,9-12H2,1-2H3,(H2,18,20,21);1H. The van der Waals surface area contributed by atoms with Crippen LogP contribution in [0.25, 0.3) is 0 Å². The van der Waals surface area contributed by atoms with E-state index >= 15 is 0 Å². The van der Waals surface area contributed by atoms with Crippen molar-refractivity contribution < 1.29 is 0 Å². The molecule has 0 atom stereocenters. The van der Waals surface area contributed by atoms with E-state index in [0.29, 0.717) is 12.1 Å². The molecular weight excluding hydrogens is 401 g/mol. The molecule has 2 fully saturated rings. The molecule has 1 saturated carbocycles. The maximum absolute atomic E-state index is 4.63. The molecule has 6 heteroatoms. The minimum absolute atomic E-state index is 0. The summed E-state index contributed by atoms with van der Waals surface area (Å²) in [6, 6.07) is 7.38. The van der Waals surface area contributed by atoms with Gasteiger partial charge in [0.15, 0.2) is 5.96 Å². The molecule has 2 aliphatic rings. The van der Waals surface area contributed by atoms with Gasteiger partial charge in [0.25, 0.3) is 0 Å². The van der Waals surface area contributed by atoms with E-state index in [-0.39, 0.29) is 24.0 Å². The molecule has 1 aromatic rings. The van der Waals surface area contributed by atoms with Gasteiger partial charge in [0.2, 0.25) is 0 Å². The first kappa shape index (κ1) is 18.3. The van der Waals surface area contributed by atoms with Gasteiger partial charge in [0.05, 0.1) is 0 Å². The molecule has 2 N–H and O–H groups in total. The van der Waals surface area contributed by atoms with E-state index in [1.807, 2.05) is 20.0 Å². The van der Waals surface area contributed by atoms with E-state index in [2.05, 4.69) is 37.6 Å². The lowest BCUT2D eigenvalue weighted by atomic mass is 9.93. The number of halogens is 1. The Morgan fingerprint density at radius 2 is 1.78 bits per heavy atom. The fourth-order valence-electron chi connectivity index (χ4n) is 3.07. The monoisotopic (exact) mass is 429 g/mol. The van der Waals surface area contributed by atoms with Gasteiger partial charge in [0.1, 0.15) is 5.82 Å². The SMILES string of the molecule is CN=C(NC1CCC1)NC1CCN(c2cccc(C)n2)CC1.I. The van der Waals surface area contributed by atoms with E-state index in [4.69, 9.17) is 0 Å². The molecule has 1 aliphatic heterocycles. The van der Waals surface area contributed by atoms with Crippen molar-refractivity contribution >= 4 is 35.8 Å². The molecule has 23 heavy (non-hydrogen) atoms. The molecule has 1 saturated heterocycles. The first-order chi connectivity index (χ1) is 10.7. The molecule has 128 valence electrons. The van der Waals surface area contributed by atoms with E-state index in [0.717, 1.165) is 43.4 Å². The number of anilines is 1. The fraction of sp³-hybridized carbons (Fsp3) is 0.647. The van der Waals surface area contributed by atoms with Crippen molar-refractivity contribution in [3.8, 4) is 0 Å². The van der Waals surface area contributed by atoms with Crippen molar-refractivity contribution in [3.05, 3.63) is 23.9 Å². The number of nitrogens with zero attached hydrogens (tertiary/aromatic N) is 3. The smallest absolute Gasteiger partial charge is 0.191 e. The Bertz CT molecular complexity index is 521. The summed E-state index contributed by atoms with van der Waals surface area (Å²) in [5.74, 6) is 2.08. The van der Waals surface area contributed by atoms with Gasteiger partial charge < -0.3 is 15.5 Å². The van der Waals surface area contributed by atoms with Crippen LogP contribution in [0.1, 0.15) is 37.8 Å². The van der Waals surface area contributed by atoms with Crippen molar-refractivity contribution in [3.63, 3.8) is 0 Å². The van der Waals surface area contributed by atoms with Crippen molar-refractivity contribution in [2.24, 2.45) is 4.99 Å². The minimum atomic E-state index is 0. The fourth-order valence-corrected chi connectivity index (χ4v) is 3.07. The van der Waals surface area contributed by atoms with Gasteiger partial charge in [-0.15, -0.1) is 24.0 Å². The second-order valence-corrected chi connectivity index (χ2v) is 6.39. The summed E-state index contributed by atoms with van der Waals surface area (Å²) in [5, 5.41) is 7.09. The van der Waals surface area contributed by atoms with Gasteiger partial charge >= 0.3 is 0 Å². The summed E-state index contributed by atoms with van der Waals surface area (Å²) in [6.45, 7) is 4.15. The Morgan fingerprint density at radius 3 is 2.30 bits per heavy atom. The lowest BCUT2D eigenvalue weighted by molar-refractivity contribution is 0.374. The predicted molar refractivity (Wildman–Crippen MR) is 107 cm³/mol. The number of guanidine groups is 1. The zero-order valence-corrected chi connectivity index (χ0v) is 16.4. The Hall–Kier alpha value is -1.05. The maximum Gasteiger partial charge on any atom is 0.191 e. The Balaban J connectivity index is 0.00000192. The van der Waals surface area contributed by atoms with Crippen LogP contribution in [-0.2, 0) is 0 Å². The number of aliphatic imine (C=N–C) groups is 1. The van der Waals surface area contributed by atoms with Crippen LogP contribution in [0.5, 0.6) is 0 Å². The lowest BCUT2D eigenvalue weighted by Crippen LogP contribution is -2.52. The summed E-state index contributed by atoms with van der Waals surface area (Å²) in [4.78, 5) is 11.4. The molecule has 0 bridgehead atoms. The summed E-state index contributed by atoms with van der Waals surface area (Å²) in [7, 11) is 1.86. The normalized spacial score (nSPS) is 19.7. The summed E-state index contributed by atoms with van der Waals surface area (Å²) in [6.07, 6.45) is 6.15. The summed E-state index contributed by atoms with van der Waals surface area (Å²) < 4.78 is 0. The molecule has 0 radical (unpaired) electrons. The molecule has 5 nitrogen and oxygen atoms in total. The van der Waals surface area contributed by atoms with Crippen LogP contribution < -0.4 is 15.5 Å². The third kappa shape index (κ3) is 4.96. The largest absolute Gasteiger partial charge is 0.356 e. The third-order valence-electron chi connectivity index (χ3n) is 4.70. The number of aryl methyl sites for hydroxylation is 1. The van der Waals surface area contributed by atoms with Gasteiger partial charge in [-0.25, -0.2) is 4.98 Å². The molecule has 1 aliphatic carbocycles. The molecule has 3 rings (SSSR count). The zero-order valence-electron chi connectivity index (χ0n) is 14.1. The number of hydrogen-bond acceptors (Lipinski definition) is 3. The van der Waals surface area contributed by atoms with Crippen LogP contribution in [0.3, 0.4) is 0 Å². The molecule has 0 aromatic carbocycles. The van der Waals surface area contributed by atoms with Gasteiger partial charge in [-0.3, -0.25) is 4.99 Å². The van der Waals surface area contributed by atoms with E-state index in [1.165, 1.54) is 19.3 Å². The van der Waals surface area contributed by atoms with Crippen LogP contribution in [-0.4, -0.2) is 43.2 Å². The number of aromatic nitrogens is 1. The predicted octanol–water partition coefficient (Wildman–Crippen LogP) is 2.69. The maximum atomic E-state index is 4.63. The lowest BCUT2D eigenvalue weighted by Gasteiger charge is -2.35. The summed E-state index contributed by atoms with van der Waals surface area (Å²) in [5.41, 5.74) is 1.09. The van der Waals surface area contributed by atoms with Crippen LogP contribution >= 0.6 is 24.0 Å². The van der Waals surface area contributed by atoms with E-state index in [1.54, 1.807) is 0 Å². The summed E-state index contributed by atoms with van der Waals surface area (Å²) >= 11 is 0. The highest BCUT2D eigenvalue weighted by molar-refractivity contribution is 14.0. The zero-order chi connectivity index (χ0) is 15.4. The Morgan fingerprint density at radius 1 is 1.13 bits per heavy atom. The van der Waals surface area contributed by atoms with Crippen LogP contribution in [0, 0.1) is 6.92 Å². The first-order valence-electron chi connectivity index (χ1n) is 8.43. The topological polar surface area (TPSA) is 52.6 Å². The highest BCUT2D eigenvalue weighted by Crippen LogP contribution is 2.19. The molecule has 0 spiro atoms. The van der Waals surface area contributed by atoms with Crippen molar-refractivity contribution in [2.45, 2.75) is 51.1 Å². The average Bonchev–Trinajstić information content (AvgIpc) is 2.50. The van der Waals surface area contributed by atoms with Crippen LogP contribution in [0.15, 0.2) is 23.2 Å². The second kappa shape index (κ2) is 8.70. The van der Waals surface area contributed by atoms with E-state index < -0.39 is 0 Å². The highest BCUT2D eigenvalue weighted by atomic mass is 127. The van der Waals surface area contributed by atoms with Crippen LogP contribution in [0.2, 0.25) is 0 Å². The van der Waals surface area contributed by atoms with Gasteiger partial charge in [-0.05, 0) is 51.2 Å². The molecular formula is C17H28IN5. The Kier molecular flexibility index (Phi) is 6.92. The van der Waals surface area contributed by atoms with Crippen molar-refractivity contribution in [2.75, 3.05) is 25.0 Å². The van der Waals surface area contributed by atoms with E-state index in [9.17, 15) is 0 Å². The molecule has 2 heterocycles. The first-order valence-corrected chi connectivity index (χ1v) is 8.43. The van der Waals surface area contributed by atoms with Crippen molar-refractivity contribution in [1.82, 2.24) is 15.6 Å². The number of piperidine rings is 1. The number of pyridine rings is 1. The highest BCUT2D eigenvalue weighted by Gasteiger charge is 2.23. The van der Waals surface area contributed by atoms with Crippen molar-refractivity contribution in [1.29, 1.82) is 0 Å². The number of nitrogens with one attached hydrogen (secondary N) is 2. The van der Waals surface area contributed by atoms with Gasteiger partial charge in [-0.1, -0.05) is 6.07 Å². The number of hydrogen-bond donors (Lipinski definition) is 2. The Labute approximate surface area is 156 Å². The molecule has 1 aromatic heterocycles. The van der Waals surface area contributed by atoms with Gasteiger partial charge in [0, 0.05) is 37.9 Å². The third-order valence-corrected chi connectivity index (χ3v) is 4.70. The van der Waals surface area contributed by atoms with Gasteiger partial charge in [-0.2, -0.15) is 0 Å². The minimum Gasteiger partial charge on any atom is -0.356 e. The van der Waals surface area contributed by atoms with Crippen LogP contribution in [0.4, 0.5) is 5.82 Å². The average molecular weight is 429 g/mol. The molecule has 0 unspecified atom stereocenters.